The average Bonchev–Trinajstić information content (AvgIpc) is 2.71. The lowest BCUT2D eigenvalue weighted by atomic mass is 9.94. The maximum absolute atomic E-state index is 11.4. The number of hydrogen-bond acceptors (Lipinski definition) is 4. The van der Waals surface area contributed by atoms with Crippen LogP contribution in [0.1, 0.15) is 32.1 Å². The van der Waals surface area contributed by atoms with Crippen LogP contribution >= 0.6 is 0 Å². The molecule has 1 N–H and O–H groups in total. The Balaban J connectivity index is 1.81. The van der Waals surface area contributed by atoms with E-state index in [0.29, 0.717) is 6.61 Å². The predicted molar refractivity (Wildman–Crippen MR) is 67.3 cm³/mol. The number of terminal acetylenes is 1. The van der Waals surface area contributed by atoms with E-state index in [1.54, 1.807) is 0 Å². The van der Waals surface area contributed by atoms with E-state index < -0.39 is 15.8 Å². The van der Waals surface area contributed by atoms with Gasteiger partial charge in [0.2, 0.25) is 10.0 Å². The molecule has 2 aliphatic rings. The Labute approximate surface area is 108 Å². The summed E-state index contributed by atoms with van der Waals surface area (Å²) in [5.74, 6) is 1.36. The van der Waals surface area contributed by atoms with Crippen molar-refractivity contribution in [3.05, 3.63) is 0 Å². The van der Waals surface area contributed by atoms with E-state index in [2.05, 4.69) is 10.6 Å². The summed E-state index contributed by atoms with van der Waals surface area (Å²) in [6.07, 6.45) is 10.0. The fraction of sp³-hybridized carbons (Fsp3) is 0.833. The molecule has 2 fully saturated rings. The van der Waals surface area contributed by atoms with Crippen LogP contribution in [0.25, 0.3) is 0 Å². The zero-order valence-electron chi connectivity index (χ0n) is 10.4. The third-order valence-corrected chi connectivity index (χ3v) is 4.49. The van der Waals surface area contributed by atoms with Gasteiger partial charge < -0.3 is 9.47 Å². The number of nitrogens with one attached hydrogen (secondary N) is 1. The molecule has 0 radical (unpaired) electrons. The quantitative estimate of drug-likeness (QED) is 0.762. The topological polar surface area (TPSA) is 64.6 Å². The first-order chi connectivity index (χ1) is 8.55. The molecule has 5 nitrogen and oxygen atoms in total. The highest BCUT2D eigenvalue weighted by atomic mass is 32.2. The molecule has 0 bridgehead atoms. The Morgan fingerprint density at radius 1 is 1.33 bits per heavy atom. The van der Waals surface area contributed by atoms with Gasteiger partial charge in [-0.1, -0.05) is 12.3 Å². The van der Waals surface area contributed by atoms with E-state index in [1.807, 2.05) is 0 Å². The van der Waals surface area contributed by atoms with Gasteiger partial charge in [0.1, 0.15) is 5.75 Å². The van der Waals surface area contributed by atoms with Gasteiger partial charge in [-0.15, -0.1) is 6.42 Å². The summed E-state index contributed by atoms with van der Waals surface area (Å²) in [6.45, 7) is 0.671. The Morgan fingerprint density at radius 2 is 2.06 bits per heavy atom. The molecule has 1 aliphatic heterocycles. The highest BCUT2D eigenvalue weighted by Gasteiger charge is 2.42. The molecule has 0 aromatic rings. The van der Waals surface area contributed by atoms with Crippen molar-refractivity contribution < 1.29 is 17.9 Å². The van der Waals surface area contributed by atoms with Gasteiger partial charge in [0.15, 0.2) is 5.79 Å². The molecule has 1 saturated carbocycles. The molecule has 1 atom stereocenters. The molecular weight excluding hydrogens is 254 g/mol. The molecule has 1 spiro atoms. The van der Waals surface area contributed by atoms with Gasteiger partial charge in [-0.25, -0.2) is 13.1 Å². The lowest BCUT2D eigenvalue weighted by Gasteiger charge is -2.31. The smallest absolute Gasteiger partial charge is 0.223 e. The second-order valence-corrected chi connectivity index (χ2v) is 6.64. The lowest BCUT2D eigenvalue weighted by molar-refractivity contribution is -0.186. The van der Waals surface area contributed by atoms with Gasteiger partial charge >= 0.3 is 0 Å². The molecule has 18 heavy (non-hydrogen) atoms. The highest BCUT2D eigenvalue weighted by Crippen LogP contribution is 2.37. The fourth-order valence-electron chi connectivity index (χ4n) is 2.45. The maximum atomic E-state index is 11.4. The summed E-state index contributed by atoms with van der Waals surface area (Å²) in [7, 11) is -3.38. The zero-order valence-corrected chi connectivity index (χ0v) is 11.2. The monoisotopic (exact) mass is 273 g/mol. The normalized spacial score (nSPS) is 27.2. The highest BCUT2D eigenvalue weighted by molar-refractivity contribution is 7.89. The van der Waals surface area contributed by atoms with Crippen LogP contribution in [0.2, 0.25) is 0 Å². The van der Waals surface area contributed by atoms with Gasteiger partial charge in [0.25, 0.3) is 0 Å². The van der Waals surface area contributed by atoms with Crippen molar-refractivity contribution >= 4 is 10.0 Å². The van der Waals surface area contributed by atoms with E-state index in [-0.39, 0.29) is 18.4 Å². The minimum Gasteiger partial charge on any atom is -0.347 e. The van der Waals surface area contributed by atoms with Crippen molar-refractivity contribution in [2.45, 2.75) is 44.0 Å². The van der Waals surface area contributed by atoms with Crippen molar-refractivity contribution in [3.8, 4) is 12.3 Å². The molecule has 0 unspecified atom stereocenters. The lowest BCUT2D eigenvalue weighted by Crippen LogP contribution is -2.37. The zero-order chi connectivity index (χ0) is 13.1. The van der Waals surface area contributed by atoms with Crippen LogP contribution in [-0.2, 0) is 19.5 Å². The van der Waals surface area contributed by atoms with Crippen LogP contribution in [0.5, 0.6) is 0 Å². The SMILES string of the molecule is C#CCS(=O)(=O)NC[C@H]1COC2(CCCCC2)O1. The van der Waals surface area contributed by atoms with Gasteiger partial charge in [-0.3, -0.25) is 0 Å². The fourth-order valence-corrected chi connectivity index (χ4v) is 3.21. The minimum absolute atomic E-state index is 0.212. The molecule has 0 aromatic carbocycles. The first kappa shape index (κ1) is 13.8. The Bertz CT molecular complexity index is 420. The maximum Gasteiger partial charge on any atom is 0.223 e. The van der Waals surface area contributed by atoms with Gasteiger partial charge in [-0.2, -0.15) is 0 Å². The van der Waals surface area contributed by atoms with Crippen molar-refractivity contribution in [3.63, 3.8) is 0 Å². The summed E-state index contributed by atoms with van der Waals surface area (Å²) in [5, 5.41) is 0. The molecule has 1 saturated heterocycles. The van der Waals surface area contributed by atoms with E-state index in [1.165, 1.54) is 6.42 Å². The van der Waals surface area contributed by atoms with Gasteiger partial charge in [0.05, 0.1) is 12.7 Å². The van der Waals surface area contributed by atoms with E-state index in [9.17, 15) is 8.42 Å². The second-order valence-electron chi connectivity index (χ2n) is 4.83. The minimum atomic E-state index is -3.38. The van der Waals surface area contributed by atoms with Crippen LogP contribution in [0, 0.1) is 12.3 Å². The Hall–Kier alpha value is -0.610. The molecule has 0 amide bonds. The summed E-state index contributed by atoms with van der Waals surface area (Å²) in [4.78, 5) is 0. The van der Waals surface area contributed by atoms with Crippen LogP contribution in [0.3, 0.4) is 0 Å². The summed E-state index contributed by atoms with van der Waals surface area (Å²) < 4.78 is 36.8. The van der Waals surface area contributed by atoms with Crippen LogP contribution in [0.4, 0.5) is 0 Å². The number of sulfonamides is 1. The van der Waals surface area contributed by atoms with Crippen molar-refractivity contribution in [2.24, 2.45) is 0 Å². The van der Waals surface area contributed by atoms with Gasteiger partial charge in [0, 0.05) is 19.4 Å². The standard InChI is InChI=1S/C12H19NO4S/c1-2-8-18(14,15)13-9-11-10-16-12(17-11)6-4-3-5-7-12/h1,11,13H,3-10H2/t11-/m0/s1. The summed E-state index contributed by atoms with van der Waals surface area (Å²) in [5.41, 5.74) is 0. The number of hydrogen-bond donors (Lipinski definition) is 1. The van der Waals surface area contributed by atoms with E-state index in [0.717, 1.165) is 25.7 Å². The van der Waals surface area contributed by atoms with E-state index in [4.69, 9.17) is 15.9 Å². The van der Waals surface area contributed by atoms with E-state index >= 15 is 0 Å². The molecule has 6 heteroatoms. The molecule has 102 valence electrons. The van der Waals surface area contributed by atoms with Crippen LogP contribution in [-0.4, -0.2) is 39.2 Å². The molecular formula is C12H19NO4S. The second kappa shape index (κ2) is 5.57. The summed E-state index contributed by atoms with van der Waals surface area (Å²) >= 11 is 0. The first-order valence-corrected chi connectivity index (χ1v) is 7.93. The predicted octanol–water partition coefficient (Wildman–Crippen LogP) is 0.615. The number of ether oxygens (including phenoxy) is 2. The molecule has 0 aromatic heterocycles. The van der Waals surface area contributed by atoms with Gasteiger partial charge in [-0.05, 0) is 12.8 Å². The number of rotatable bonds is 4. The Kier molecular flexibility index (Phi) is 4.28. The third-order valence-electron chi connectivity index (χ3n) is 3.33. The Morgan fingerprint density at radius 3 is 2.72 bits per heavy atom. The largest absolute Gasteiger partial charge is 0.347 e. The molecule has 1 aliphatic carbocycles. The molecule has 1 heterocycles. The van der Waals surface area contributed by atoms with Crippen LogP contribution in [0.15, 0.2) is 0 Å². The molecule has 2 rings (SSSR count). The third kappa shape index (κ3) is 3.45. The summed E-state index contributed by atoms with van der Waals surface area (Å²) in [6, 6.07) is 0. The van der Waals surface area contributed by atoms with Crippen molar-refractivity contribution in [1.29, 1.82) is 0 Å². The van der Waals surface area contributed by atoms with Crippen molar-refractivity contribution in [2.75, 3.05) is 18.9 Å². The van der Waals surface area contributed by atoms with Crippen molar-refractivity contribution in [1.82, 2.24) is 4.72 Å². The van der Waals surface area contributed by atoms with Crippen LogP contribution < -0.4 is 4.72 Å². The average molecular weight is 273 g/mol. The first-order valence-electron chi connectivity index (χ1n) is 6.28.